The van der Waals surface area contributed by atoms with Gasteiger partial charge >= 0.3 is 0 Å². The van der Waals surface area contributed by atoms with E-state index < -0.39 is 5.60 Å². The Bertz CT molecular complexity index is 457. The monoisotopic (exact) mass is 250 g/mol. The molecule has 1 fully saturated rings. The van der Waals surface area contributed by atoms with Crippen molar-refractivity contribution >= 4 is 0 Å². The molecule has 0 atom stereocenters. The topological polar surface area (TPSA) is 47.9 Å². The third-order valence-electron chi connectivity index (χ3n) is 3.96. The highest BCUT2D eigenvalue weighted by atomic mass is 16.6. The molecule has 2 aliphatic heterocycles. The van der Waals surface area contributed by atoms with Gasteiger partial charge in [-0.25, -0.2) is 0 Å². The van der Waals surface area contributed by atoms with E-state index in [1.807, 2.05) is 32.0 Å². The predicted molar refractivity (Wildman–Crippen MR) is 66.2 cm³/mol. The van der Waals surface area contributed by atoms with Crippen LogP contribution in [0.15, 0.2) is 18.2 Å². The third kappa shape index (κ3) is 1.60. The van der Waals surface area contributed by atoms with Crippen LogP contribution in [0.3, 0.4) is 0 Å². The number of ether oxygens (including phenoxy) is 3. The average Bonchev–Trinajstić information content (AvgIpc) is 2.25. The van der Waals surface area contributed by atoms with Crippen LogP contribution >= 0.6 is 0 Å². The normalized spacial score (nSPS) is 21.3. The largest absolute Gasteiger partial charge is 0.486 e. The molecular weight excluding hydrogens is 232 g/mol. The minimum absolute atomic E-state index is 0.344. The lowest BCUT2D eigenvalue weighted by Gasteiger charge is -2.50. The predicted octanol–water partition coefficient (Wildman–Crippen LogP) is 1.50. The van der Waals surface area contributed by atoms with E-state index in [-0.39, 0.29) is 5.41 Å². The van der Waals surface area contributed by atoms with E-state index in [2.05, 4.69) is 0 Å². The van der Waals surface area contributed by atoms with Crippen LogP contribution in [-0.4, -0.2) is 37.1 Å². The molecule has 1 aromatic carbocycles. The van der Waals surface area contributed by atoms with Crippen LogP contribution in [0, 0.1) is 0 Å². The van der Waals surface area contributed by atoms with Crippen molar-refractivity contribution in [2.45, 2.75) is 24.9 Å². The Morgan fingerprint density at radius 2 is 1.78 bits per heavy atom. The van der Waals surface area contributed by atoms with Crippen molar-refractivity contribution in [1.29, 1.82) is 0 Å². The number of fused-ring (bicyclic) bond motifs is 1. The molecule has 18 heavy (non-hydrogen) atoms. The second kappa shape index (κ2) is 3.87. The summed E-state index contributed by atoms with van der Waals surface area (Å²) in [4.78, 5) is 0. The Hall–Kier alpha value is -1.26. The number of benzene rings is 1. The standard InChI is InChI=1S/C14H18O4/c1-13(2,15)14(8-16-9-14)10-3-4-11-12(7-10)18-6-5-17-11/h3-4,7,15H,5-6,8-9H2,1-2H3. The van der Waals surface area contributed by atoms with Gasteiger partial charge in [-0.05, 0) is 31.5 Å². The Kier molecular flexibility index (Phi) is 2.54. The highest BCUT2D eigenvalue weighted by molar-refractivity contribution is 5.47. The zero-order valence-electron chi connectivity index (χ0n) is 10.7. The van der Waals surface area contributed by atoms with Crippen LogP contribution in [-0.2, 0) is 10.2 Å². The van der Waals surface area contributed by atoms with Crippen LogP contribution in [0.5, 0.6) is 11.5 Å². The molecule has 4 nitrogen and oxygen atoms in total. The van der Waals surface area contributed by atoms with Crippen molar-refractivity contribution in [3.05, 3.63) is 23.8 Å². The molecule has 2 heterocycles. The number of hydrogen-bond acceptors (Lipinski definition) is 4. The van der Waals surface area contributed by atoms with Gasteiger partial charge in [-0.1, -0.05) is 6.07 Å². The molecule has 1 saturated heterocycles. The molecular formula is C14H18O4. The quantitative estimate of drug-likeness (QED) is 0.864. The van der Waals surface area contributed by atoms with Crippen LogP contribution in [0.2, 0.25) is 0 Å². The summed E-state index contributed by atoms with van der Waals surface area (Å²) in [6.45, 7) is 5.89. The molecule has 98 valence electrons. The SMILES string of the molecule is CC(C)(O)C1(c2ccc3c(c2)OCCO3)COC1. The maximum absolute atomic E-state index is 10.4. The zero-order chi connectivity index (χ0) is 12.8. The summed E-state index contributed by atoms with van der Waals surface area (Å²) in [5, 5.41) is 10.4. The summed E-state index contributed by atoms with van der Waals surface area (Å²) in [6, 6.07) is 5.87. The second-order valence-electron chi connectivity index (χ2n) is 5.49. The van der Waals surface area contributed by atoms with Crippen LogP contribution < -0.4 is 9.47 Å². The highest BCUT2D eigenvalue weighted by Crippen LogP contribution is 2.44. The van der Waals surface area contributed by atoms with Crippen molar-refractivity contribution in [2.24, 2.45) is 0 Å². The van der Waals surface area contributed by atoms with Crippen molar-refractivity contribution in [3.8, 4) is 11.5 Å². The second-order valence-corrected chi connectivity index (χ2v) is 5.49. The number of aliphatic hydroxyl groups is 1. The third-order valence-corrected chi connectivity index (χ3v) is 3.96. The number of rotatable bonds is 2. The molecule has 0 bridgehead atoms. The van der Waals surface area contributed by atoms with Gasteiger partial charge in [0.25, 0.3) is 0 Å². The van der Waals surface area contributed by atoms with Crippen molar-refractivity contribution in [1.82, 2.24) is 0 Å². The lowest BCUT2D eigenvalue weighted by atomic mass is 9.67. The van der Waals surface area contributed by atoms with Crippen LogP contribution in [0.25, 0.3) is 0 Å². The van der Waals surface area contributed by atoms with Gasteiger partial charge in [0, 0.05) is 0 Å². The molecule has 1 aromatic rings. The summed E-state index contributed by atoms with van der Waals surface area (Å²) in [6.07, 6.45) is 0. The van der Waals surface area contributed by atoms with E-state index in [4.69, 9.17) is 14.2 Å². The highest BCUT2D eigenvalue weighted by Gasteiger charge is 2.51. The molecule has 0 unspecified atom stereocenters. The summed E-state index contributed by atoms with van der Waals surface area (Å²) in [5.41, 5.74) is -0.122. The van der Waals surface area contributed by atoms with Crippen LogP contribution in [0.4, 0.5) is 0 Å². The fraction of sp³-hybridized carbons (Fsp3) is 0.571. The van der Waals surface area contributed by atoms with Crippen LogP contribution in [0.1, 0.15) is 19.4 Å². The van der Waals surface area contributed by atoms with E-state index in [0.29, 0.717) is 26.4 Å². The summed E-state index contributed by atoms with van der Waals surface area (Å²) >= 11 is 0. The van der Waals surface area contributed by atoms with Gasteiger partial charge in [-0.2, -0.15) is 0 Å². The first-order valence-electron chi connectivity index (χ1n) is 6.23. The molecule has 0 aliphatic carbocycles. The Morgan fingerprint density at radius 1 is 1.11 bits per heavy atom. The number of hydrogen-bond donors (Lipinski definition) is 1. The van der Waals surface area contributed by atoms with E-state index in [9.17, 15) is 5.11 Å². The Labute approximate surface area is 106 Å². The molecule has 2 aliphatic rings. The zero-order valence-corrected chi connectivity index (χ0v) is 10.7. The first-order valence-corrected chi connectivity index (χ1v) is 6.23. The minimum atomic E-state index is -0.824. The van der Waals surface area contributed by atoms with E-state index in [1.165, 1.54) is 0 Å². The lowest BCUT2D eigenvalue weighted by molar-refractivity contribution is -0.157. The van der Waals surface area contributed by atoms with Gasteiger partial charge in [-0.3, -0.25) is 0 Å². The molecule has 0 spiro atoms. The smallest absolute Gasteiger partial charge is 0.161 e. The molecule has 3 rings (SSSR count). The summed E-state index contributed by atoms with van der Waals surface area (Å²) in [7, 11) is 0. The fourth-order valence-corrected chi connectivity index (χ4v) is 2.52. The van der Waals surface area contributed by atoms with Gasteiger partial charge in [0.2, 0.25) is 0 Å². The molecule has 4 heteroatoms. The minimum Gasteiger partial charge on any atom is -0.486 e. The maximum Gasteiger partial charge on any atom is 0.161 e. The van der Waals surface area contributed by atoms with Gasteiger partial charge < -0.3 is 19.3 Å². The van der Waals surface area contributed by atoms with Gasteiger partial charge in [0.1, 0.15) is 13.2 Å². The van der Waals surface area contributed by atoms with E-state index in [0.717, 1.165) is 17.1 Å². The van der Waals surface area contributed by atoms with Crippen molar-refractivity contribution in [2.75, 3.05) is 26.4 Å². The van der Waals surface area contributed by atoms with E-state index in [1.54, 1.807) is 0 Å². The Morgan fingerprint density at radius 3 is 2.33 bits per heavy atom. The molecule has 0 radical (unpaired) electrons. The molecule has 1 N–H and O–H groups in total. The maximum atomic E-state index is 10.4. The van der Waals surface area contributed by atoms with Gasteiger partial charge in [0.15, 0.2) is 11.5 Å². The molecule has 0 amide bonds. The molecule has 0 saturated carbocycles. The first kappa shape index (κ1) is 11.8. The Balaban J connectivity index is 2.01. The van der Waals surface area contributed by atoms with E-state index >= 15 is 0 Å². The van der Waals surface area contributed by atoms with Crippen molar-refractivity contribution in [3.63, 3.8) is 0 Å². The summed E-state index contributed by atoms with van der Waals surface area (Å²) < 4.78 is 16.4. The lowest BCUT2D eigenvalue weighted by Crippen LogP contribution is -2.60. The summed E-state index contributed by atoms with van der Waals surface area (Å²) in [5.74, 6) is 1.53. The van der Waals surface area contributed by atoms with Gasteiger partial charge in [-0.15, -0.1) is 0 Å². The molecule has 0 aromatic heterocycles. The van der Waals surface area contributed by atoms with Gasteiger partial charge in [0.05, 0.1) is 24.2 Å². The first-order chi connectivity index (χ1) is 8.53. The fourth-order valence-electron chi connectivity index (χ4n) is 2.52. The van der Waals surface area contributed by atoms with Crippen molar-refractivity contribution < 1.29 is 19.3 Å². The average molecular weight is 250 g/mol.